The first-order valence-electron chi connectivity index (χ1n) is 5.77. The van der Waals surface area contributed by atoms with Gasteiger partial charge in [0.1, 0.15) is 0 Å². The van der Waals surface area contributed by atoms with Gasteiger partial charge in [-0.15, -0.1) is 12.4 Å². The van der Waals surface area contributed by atoms with E-state index in [0.29, 0.717) is 17.8 Å². The lowest BCUT2D eigenvalue weighted by Gasteiger charge is -1.96. The molecule has 0 bridgehead atoms. The molecule has 6 heteroatoms. The summed E-state index contributed by atoms with van der Waals surface area (Å²) >= 11 is 0. The van der Waals surface area contributed by atoms with Gasteiger partial charge in [0.05, 0.1) is 13.7 Å². The van der Waals surface area contributed by atoms with Crippen molar-refractivity contribution in [3.8, 4) is 0 Å². The molecule has 0 unspecified atom stereocenters. The van der Waals surface area contributed by atoms with E-state index >= 15 is 0 Å². The maximum absolute atomic E-state index is 10.4. The second-order valence-electron chi connectivity index (χ2n) is 4.11. The molecule has 0 fully saturated rings. The number of hydrogen-bond acceptors (Lipinski definition) is 5. The van der Waals surface area contributed by atoms with Crippen LogP contribution < -0.4 is 0 Å². The van der Waals surface area contributed by atoms with E-state index in [1.54, 1.807) is 20.8 Å². The van der Waals surface area contributed by atoms with E-state index in [9.17, 15) is 9.59 Å². The molecule has 0 spiro atoms. The van der Waals surface area contributed by atoms with Crippen molar-refractivity contribution < 1.29 is 19.1 Å². The van der Waals surface area contributed by atoms with Gasteiger partial charge in [-0.1, -0.05) is 13.2 Å². The smallest absolute Gasteiger partial charge is 0.333 e. The predicted octanol–water partition coefficient (Wildman–Crippen LogP) is 2.46. The number of methoxy groups -OCH3 is 1. The number of ether oxygens (including phenoxy) is 2. The number of hydrogen-bond donors (Lipinski definition) is 0. The summed E-state index contributed by atoms with van der Waals surface area (Å²) in [5, 5.41) is 0. The zero-order valence-corrected chi connectivity index (χ0v) is 14.4. The molecule has 0 rings (SSSR count). The van der Waals surface area contributed by atoms with Gasteiger partial charge < -0.3 is 14.4 Å². The quantitative estimate of drug-likeness (QED) is 0.592. The monoisotopic (exact) mass is 309 g/mol. The number of carbonyl (C=O) groups excluding carboxylic acids is 2. The second kappa shape index (κ2) is 17.7. The third-order valence-corrected chi connectivity index (χ3v) is 1.16. The van der Waals surface area contributed by atoms with Crippen LogP contribution >= 0.6 is 12.4 Å². The third-order valence-electron chi connectivity index (χ3n) is 1.16. The van der Waals surface area contributed by atoms with E-state index in [-0.39, 0.29) is 24.3 Å². The van der Waals surface area contributed by atoms with E-state index in [4.69, 9.17) is 0 Å². The maximum Gasteiger partial charge on any atom is 0.333 e. The van der Waals surface area contributed by atoms with Crippen LogP contribution in [0.15, 0.2) is 24.3 Å². The number of rotatable bonds is 3. The van der Waals surface area contributed by atoms with Gasteiger partial charge in [0.25, 0.3) is 0 Å². The molecule has 0 saturated heterocycles. The van der Waals surface area contributed by atoms with Crippen molar-refractivity contribution in [3.63, 3.8) is 0 Å². The maximum atomic E-state index is 10.4. The Morgan fingerprint density at radius 1 is 1.00 bits per heavy atom. The molecule has 0 saturated carbocycles. The van der Waals surface area contributed by atoms with Gasteiger partial charge in [-0.3, -0.25) is 0 Å². The molecule has 0 aliphatic heterocycles. The Morgan fingerprint density at radius 2 is 1.30 bits per heavy atom. The summed E-state index contributed by atoms with van der Waals surface area (Å²) in [7, 11) is 7.33. The largest absolute Gasteiger partial charge is 0.466 e. The van der Waals surface area contributed by atoms with Crippen molar-refractivity contribution in [2.24, 2.45) is 0 Å². The molecule has 0 aromatic rings. The van der Waals surface area contributed by atoms with Gasteiger partial charge >= 0.3 is 11.9 Å². The summed E-state index contributed by atoms with van der Waals surface area (Å²) in [5.41, 5.74) is 0.884. The van der Waals surface area contributed by atoms with Gasteiger partial charge in [0, 0.05) is 11.1 Å². The highest BCUT2D eigenvalue weighted by atomic mass is 35.5. The van der Waals surface area contributed by atoms with Crippen LogP contribution in [0.25, 0.3) is 0 Å². The molecule has 20 heavy (non-hydrogen) atoms. The third kappa shape index (κ3) is 30.1. The molecule has 0 heterocycles. The molecule has 0 aromatic carbocycles. The van der Waals surface area contributed by atoms with Crippen LogP contribution in [-0.4, -0.2) is 51.7 Å². The fourth-order valence-corrected chi connectivity index (χ4v) is 0.429. The highest BCUT2D eigenvalue weighted by Crippen LogP contribution is 1.89. The van der Waals surface area contributed by atoms with Gasteiger partial charge in [-0.2, -0.15) is 0 Å². The lowest BCUT2D eigenvalue weighted by molar-refractivity contribution is -0.138. The van der Waals surface area contributed by atoms with Gasteiger partial charge in [0.2, 0.25) is 0 Å². The predicted molar refractivity (Wildman–Crippen MR) is 85.1 cm³/mol. The Kier molecular flexibility index (Phi) is 23.9. The Labute approximate surface area is 129 Å². The standard InChI is InChI=1S/C6H10O2.C5H8O2.C3H9N.ClH/c1-4-8-6(7)5(2)3;1-4(2)5(6)7-3;1-4(2)3;/h2,4H2,1,3H3;1H2,2-3H3;1-3H3;1H. The zero-order chi connectivity index (χ0) is 16.0. The van der Waals surface area contributed by atoms with Crippen LogP contribution in [0.5, 0.6) is 0 Å². The van der Waals surface area contributed by atoms with E-state index in [1.165, 1.54) is 7.11 Å². The molecule has 120 valence electrons. The molecule has 0 aliphatic rings. The Balaban J connectivity index is -0.0000000986. The molecule has 0 atom stereocenters. The summed E-state index contributed by atoms with van der Waals surface area (Å²) in [6, 6.07) is 0. The number of esters is 2. The molecular formula is C14H28ClNO4. The van der Waals surface area contributed by atoms with Crippen molar-refractivity contribution in [1.82, 2.24) is 4.90 Å². The average molecular weight is 310 g/mol. The highest BCUT2D eigenvalue weighted by molar-refractivity contribution is 5.87. The van der Waals surface area contributed by atoms with Crippen LogP contribution in [0.1, 0.15) is 20.8 Å². The molecule has 5 nitrogen and oxygen atoms in total. The van der Waals surface area contributed by atoms with Gasteiger partial charge in [-0.05, 0) is 41.9 Å². The first-order valence-corrected chi connectivity index (χ1v) is 5.77. The fraction of sp³-hybridized carbons (Fsp3) is 0.571. The summed E-state index contributed by atoms with van der Waals surface area (Å²) in [6.45, 7) is 12.2. The first kappa shape index (κ1) is 27.1. The average Bonchev–Trinajstić information content (AvgIpc) is 2.28. The van der Waals surface area contributed by atoms with Crippen LogP contribution in [-0.2, 0) is 19.1 Å². The van der Waals surface area contributed by atoms with Crippen LogP contribution in [0.2, 0.25) is 0 Å². The minimum atomic E-state index is -0.347. The van der Waals surface area contributed by atoms with Gasteiger partial charge in [-0.25, -0.2) is 9.59 Å². The molecule has 0 aliphatic carbocycles. The number of nitrogens with zero attached hydrogens (tertiary/aromatic N) is 1. The SMILES string of the molecule is C=C(C)C(=O)OC.C=C(C)C(=O)OCC.CN(C)C.Cl. The van der Waals surface area contributed by atoms with Crippen molar-refractivity contribution in [2.75, 3.05) is 34.9 Å². The molecule has 0 radical (unpaired) electrons. The van der Waals surface area contributed by atoms with E-state index in [1.807, 2.05) is 26.0 Å². The fourth-order valence-electron chi connectivity index (χ4n) is 0.429. The molecular weight excluding hydrogens is 282 g/mol. The molecule has 0 aromatic heterocycles. The minimum absolute atomic E-state index is 0. The van der Waals surface area contributed by atoms with Crippen LogP contribution in [0.4, 0.5) is 0 Å². The van der Waals surface area contributed by atoms with E-state index in [2.05, 4.69) is 22.6 Å². The lowest BCUT2D eigenvalue weighted by atomic mass is 10.4. The Morgan fingerprint density at radius 3 is 1.35 bits per heavy atom. The number of halogens is 1. The van der Waals surface area contributed by atoms with Crippen LogP contribution in [0, 0.1) is 0 Å². The normalized spacial score (nSPS) is 7.80. The first-order chi connectivity index (χ1) is 8.59. The molecule has 0 N–H and O–H groups in total. The van der Waals surface area contributed by atoms with Crippen molar-refractivity contribution in [1.29, 1.82) is 0 Å². The Hall–Kier alpha value is -1.33. The van der Waals surface area contributed by atoms with Crippen molar-refractivity contribution in [3.05, 3.63) is 24.3 Å². The summed E-state index contributed by atoms with van der Waals surface area (Å²) in [5.74, 6) is -0.660. The zero-order valence-electron chi connectivity index (χ0n) is 13.6. The summed E-state index contributed by atoms with van der Waals surface area (Å²) in [4.78, 5) is 22.6. The highest BCUT2D eigenvalue weighted by Gasteiger charge is 1.98. The van der Waals surface area contributed by atoms with E-state index in [0.717, 1.165) is 0 Å². The topological polar surface area (TPSA) is 55.8 Å². The molecule has 0 amide bonds. The number of carbonyl (C=O) groups is 2. The van der Waals surface area contributed by atoms with Gasteiger partial charge in [0.15, 0.2) is 0 Å². The van der Waals surface area contributed by atoms with E-state index < -0.39 is 0 Å². The van der Waals surface area contributed by atoms with Crippen molar-refractivity contribution in [2.45, 2.75) is 20.8 Å². The summed E-state index contributed by atoms with van der Waals surface area (Å²) < 4.78 is 8.84. The second-order valence-corrected chi connectivity index (χ2v) is 4.11. The van der Waals surface area contributed by atoms with Crippen molar-refractivity contribution >= 4 is 24.3 Å². The Bertz CT molecular complexity index is 299. The summed E-state index contributed by atoms with van der Waals surface area (Å²) in [6.07, 6.45) is 0. The minimum Gasteiger partial charge on any atom is -0.466 e. The van der Waals surface area contributed by atoms with Crippen LogP contribution in [0.3, 0.4) is 0 Å². The lowest BCUT2D eigenvalue weighted by Crippen LogP contribution is -2.03.